The molecule has 9 heteroatoms. The predicted molar refractivity (Wildman–Crippen MR) is 92.7 cm³/mol. The maximum absolute atomic E-state index is 11.9. The fraction of sp³-hybridized carbons (Fsp3) is 0.562. The highest BCUT2D eigenvalue weighted by atomic mass is 35.5. The number of carboxylic acids is 1. The minimum atomic E-state index is -1.43. The summed E-state index contributed by atoms with van der Waals surface area (Å²) in [5, 5.41) is 20.3. The summed E-state index contributed by atoms with van der Waals surface area (Å²) >= 11 is 12.1. The average Bonchev–Trinajstić information content (AvgIpc) is 3.00. The van der Waals surface area contributed by atoms with E-state index in [4.69, 9.17) is 27.9 Å². The molecule has 3 atom stereocenters. The molecule has 2 aromatic heterocycles. The largest absolute Gasteiger partial charge is 0.481 e. The number of carbonyl (C=O) groups is 1. The Labute approximate surface area is 154 Å². The first kappa shape index (κ1) is 18.4. The van der Waals surface area contributed by atoms with Gasteiger partial charge in [0.2, 0.25) is 0 Å². The van der Waals surface area contributed by atoms with Gasteiger partial charge in [-0.3, -0.25) is 4.79 Å². The minimum absolute atomic E-state index is 0.222. The highest BCUT2D eigenvalue weighted by molar-refractivity contribution is 6.37. The summed E-state index contributed by atoms with van der Waals surface area (Å²) in [6.07, 6.45) is 1.62. The number of fused-ring (bicyclic) bond motifs is 1. The SMILES string of the molecule is CC(C)(O)OC1C[C@H](n2cnc3c(Cl)cc(Cl)nc32)C[C@]1(C)C(=O)O. The van der Waals surface area contributed by atoms with E-state index < -0.39 is 23.3 Å². The van der Waals surface area contributed by atoms with E-state index in [1.165, 1.54) is 19.9 Å². The molecule has 7 nitrogen and oxygen atoms in total. The first-order chi connectivity index (χ1) is 11.5. The molecule has 25 heavy (non-hydrogen) atoms. The molecule has 1 aliphatic rings. The molecule has 1 fully saturated rings. The zero-order valence-corrected chi connectivity index (χ0v) is 15.5. The summed E-state index contributed by atoms with van der Waals surface area (Å²) in [6.45, 7) is 4.59. The quantitative estimate of drug-likeness (QED) is 0.616. The van der Waals surface area contributed by atoms with Crippen molar-refractivity contribution in [1.29, 1.82) is 0 Å². The molecule has 0 aliphatic heterocycles. The van der Waals surface area contributed by atoms with Gasteiger partial charge in [-0.1, -0.05) is 23.2 Å². The molecule has 0 aromatic carbocycles. The van der Waals surface area contributed by atoms with Crippen LogP contribution >= 0.6 is 23.2 Å². The summed E-state index contributed by atoms with van der Waals surface area (Å²) in [5.41, 5.74) is -0.141. The van der Waals surface area contributed by atoms with E-state index in [1.807, 2.05) is 0 Å². The molecule has 136 valence electrons. The Balaban J connectivity index is 2.01. The lowest BCUT2D eigenvalue weighted by Gasteiger charge is -2.31. The van der Waals surface area contributed by atoms with E-state index in [2.05, 4.69) is 9.97 Å². The van der Waals surface area contributed by atoms with Crippen LogP contribution in [0.1, 0.15) is 39.7 Å². The molecule has 2 aromatic rings. The van der Waals surface area contributed by atoms with E-state index >= 15 is 0 Å². The highest BCUT2D eigenvalue weighted by Gasteiger charge is 2.52. The number of ether oxygens (including phenoxy) is 1. The Hall–Kier alpha value is -1.41. The second kappa shape index (κ2) is 6.09. The average molecular weight is 388 g/mol. The number of hydrogen-bond acceptors (Lipinski definition) is 5. The van der Waals surface area contributed by atoms with Crippen molar-refractivity contribution in [2.45, 2.75) is 51.5 Å². The van der Waals surface area contributed by atoms with Crippen LogP contribution in [0, 0.1) is 5.41 Å². The first-order valence-corrected chi connectivity index (χ1v) is 8.59. The second-order valence-corrected chi connectivity index (χ2v) is 7.91. The van der Waals surface area contributed by atoms with Gasteiger partial charge in [0.25, 0.3) is 0 Å². The number of imidazole rings is 1. The number of pyridine rings is 1. The van der Waals surface area contributed by atoms with Crippen LogP contribution in [-0.4, -0.2) is 42.6 Å². The van der Waals surface area contributed by atoms with Gasteiger partial charge in [0.15, 0.2) is 11.4 Å². The van der Waals surface area contributed by atoms with Gasteiger partial charge in [0.1, 0.15) is 10.7 Å². The van der Waals surface area contributed by atoms with Crippen molar-refractivity contribution in [3.63, 3.8) is 0 Å². The third kappa shape index (κ3) is 3.33. The van der Waals surface area contributed by atoms with Gasteiger partial charge < -0.3 is 19.5 Å². The summed E-state index contributed by atoms with van der Waals surface area (Å²) < 4.78 is 7.41. The number of carboxylic acid groups (broad SMARTS) is 1. The van der Waals surface area contributed by atoms with E-state index in [0.29, 0.717) is 29.0 Å². The first-order valence-electron chi connectivity index (χ1n) is 7.83. The van der Waals surface area contributed by atoms with Crippen LogP contribution in [0.5, 0.6) is 0 Å². The molecule has 2 N–H and O–H groups in total. The molecule has 3 rings (SSSR count). The summed E-state index contributed by atoms with van der Waals surface area (Å²) in [7, 11) is 0. The molecule has 0 radical (unpaired) electrons. The topological polar surface area (TPSA) is 97.5 Å². The third-order valence-electron chi connectivity index (χ3n) is 4.62. The Kier molecular flexibility index (Phi) is 4.48. The van der Waals surface area contributed by atoms with Crippen molar-refractivity contribution in [2.75, 3.05) is 0 Å². The van der Waals surface area contributed by atoms with Gasteiger partial charge in [-0.15, -0.1) is 0 Å². The van der Waals surface area contributed by atoms with Crippen molar-refractivity contribution >= 4 is 40.3 Å². The van der Waals surface area contributed by atoms with Gasteiger partial charge in [0, 0.05) is 6.04 Å². The molecule has 0 bridgehead atoms. The van der Waals surface area contributed by atoms with Crippen molar-refractivity contribution in [3.8, 4) is 0 Å². The van der Waals surface area contributed by atoms with Gasteiger partial charge in [-0.25, -0.2) is 9.97 Å². The monoisotopic (exact) mass is 387 g/mol. The van der Waals surface area contributed by atoms with Crippen LogP contribution in [0.3, 0.4) is 0 Å². The van der Waals surface area contributed by atoms with Crippen molar-refractivity contribution in [3.05, 3.63) is 22.6 Å². The summed E-state index contributed by atoms with van der Waals surface area (Å²) in [5.74, 6) is -2.41. The molecule has 1 aliphatic carbocycles. The molecule has 2 heterocycles. The summed E-state index contributed by atoms with van der Waals surface area (Å²) in [6, 6.07) is 1.29. The zero-order valence-electron chi connectivity index (χ0n) is 14.0. The summed E-state index contributed by atoms with van der Waals surface area (Å²) in [4.78, 5) is 20.4. The predicted octanol–water partition coefficient (Wildman–Crippen LogP) is 3.28. The van der Waals surface area contributed by atoms with Crippen LogP contribution in [0.25, 0.3) is 11.2 Å². The Morgan fingerprint density at radius 2 is 2.16 bits per heavy atom. The number of aromatic nitrogens is 3. The molecule has 0 saturated heterocycles. The highest BCUT2D eigenvalue weighted by Crippen LogP contribution is 2.48. The van der Waals surface area contributed by atoms with E-state index in [1.54, 1.807) is 17.8 Å². The molecule has 0 amide bonds. The van der Waals surface area contributed by atoms with Crippen LogP contribution in [0.2, 0.25) is 10.2 Å². The van der Waals surface area contributed by atoms with Crippen molar-refractivity contribution in [2.24, 2.45) is 5.41 Å². The maximum atomic E-state index is 11.9. The molecular formula is C16H19Cl2N3O4. The molecule has 0 spiro atoms. The van der Waals surface area contributed by atoms with Crippen LogP contribution in [0.4, 0.5) is 0 Å². The maximum Gasteiger partial charge on any atom is 0.312 e. The van der Waals surface area contributed by atoms with Crippen molar-refractivity contribution < 1.29 is 19.7 Å². The van der Waals surface area contributed by atoms with E-state index in [-0.39, 0.29) is 11.2 Å². The Morgan fingerprint density at radius 3 is 2.76 bits per heavy atom. The minimum Gasteiger partial charge on any atom is -0.481 e. The number of hydrogen-bond donors (Lipinski definition) is 2. The van der Waals surface area contributed by atoms with Crippen LogP contribution < -0.4 is 0 Å². The fourth-order valence-corrected chi connectivity index (χ4v) is 3.86. The van der Waals surface area contributed by atoms with Gasteiger partial charge in [-0.2, -0.15) is 0 Å². The number of rotatable bonds is 4. The fourth-order valence-electron chi connectivity index (χ4n) is 3.38. The normalized spacial score (nSPS) is 27.1. The molecule has 1 unspecified atom stereocenters. The number of aliphatic carboxylic acids is 1. The number of nitrogens with zero attached hydrogens (tertiary/aromatic N) is 3. The third-order valence-corrected chi connectivity index (χ3v) is 5.10. The lowest BCUT2D eigenvalue weighted by atomic mass is 9.86. The Morgan fingerprint density at radius 1 is 1.48 bits per heavy atom. The zero-order chi connectivity index (χ0) is 18.6. The van der Waals surface area contributed by atoms with Crippen molar-refractivity contribution in [1.82, 2.24) is 14.5 Å². The van der Waals surface area contributed by atoms with Gasteiger partial charge >= 0.3 is 5.97 Å². The second-order valence-electron chi connectivity index (χ2n) is 7.12. The van der Waals surface area contributed by atoms with Crippen LogP contribution in [0.15, 0.2) is 12.4 Å². The van der Waals surface area contributed by atoms with E-state index in [9.17, 15) is 15.0 Å². The Bertz CT molecular complexity index is 833. The smallest absolute Gasteiger partial charge is 0.312 e. The van der Waals surface area contributed by atoms with Gasteiger partial charge in [0.05, 0.1) is 22.9 Å². The van der Waals surface area contributed by atoms with Crippen LogP contribution in [-0.2, 0) is 9.53 Å². The van der Waals surface area contributed by atoms with E-state index in [0.717, 1.165) is 0 Å². The number of aliphatic hydroxyl groups is 1. The lowest BCUT2D eigenvalue weighted by Crippen LogP contribution is -2.42. The molecule has 1 saturated carbocycles. The molecular weight excluding hydrogens is 369 g/mol. The number of halogens is 2. The lowest BCUT2D eigenvalue weighted by molar-refractivity contribution is -0.226. The van der Waals surface area contributed by atoms with Gasteiger partial charge in [-0.05, 0) is 39.7 Å². The standard InChI is InChI=1S/C16H19Cl2N3O4/c1-15(2,24)25-10-4-8(6-16(10,3)14(22)23)21-7-19-12-9(17)5-11(18)20-13(12)21/h5,7-8,10,24H,4,6H2,1-3H3,(H,22,23)/t8-,10?,16-/m0/s1.